The van der Waals surface area contributed by atoms with Gasteiger partial charge in [-0.25, -0.2) is 8.78 Å². The molecule has 0 radical (unpaired) electrons. The Morgan fingerprint density at radius 1 is 1.00 bits per heavy atom. The molecule has 1 aliphatic carbocycles. The molecule has 198 valence electrons. The van der Waals surface area contributed by atoms with Crippen molar-refractivity contribution in [3.63, 3.8) is 0 Å². The zero-order chi connectivity index (χ0) is 27.1. The van der Waals surface area contributed by atoms with Crippen LogP contribution in [0.4, 0.5) is 22.0 Å². The standard InChI is InChI=1S/C25H25F5N4O3/c1-13-3-4-14(2)34(13)22(36)15-8-19(26)18(20(27)9-15)12-32-23(37)24(5-6-24)33-21(35)16-7-17(11-31-10-16)25(28,29)30/h7-11,13-14H,3-6,12H2,1-2H3,(H,32,37)(H,33,35). The number of nitrogens with one attached hydrogen (secondary N) is 2. The van der Waals surface area contributed by atoms with Gasteiger partial charge in [0.2, 0.25) is 5.91 Å². The molecule has 2 atom stereocenters. The van der Waals surface area contributed by atoms with E-state index in [1.54, 1.807) is 4.90 Å². The first kappa shape index (κ1) is 26.5. The third-order valence-electron chi connectivity index (χ3n) is 6.87. The Morgan fingerprint density at radius 2 is 1.59 bits per heavy atom. The van der Waals surface area contributed by atoms with Gasteiger partial charge >= 0.3 is 6.18 Å². The second-order valence-electron chi connectivity index (χ2n) is 9.59. The van der Waals surface area contributed by atoms with Crippen LogP contribution >= 0.6 is 0 Å². The van der Waals surface area contributed by atoms with E-state index in [0.29, 0.717) is 12.3 Å². The van der Waals surface area contributed by atoms with Gasteiger partial charge in [0.15, 0.2) is 0 Å². The van der Waals surface area contributed by atoms with Gasteiger partial charge in [0.25, 0.3) is 11.8 Å². The minimum Gasteiger partial charge on any atom is -0.350 e. The second kappa shape index (κ2) is 9.71. The van der Waals surface area contributed by atoms with Crippen LogP contribution in [0.1, 0.15) is 71.4 Å². The molecule has 0 spiro atoms. The molecule has 1 aromatic carbocycles. The van der Waals surface area contributed by atoms with Crippen molar-refractivity contribution >= 4 is 17.7 Å². The average Bonchev–Trinajstić information content (AvgIpc) is 3.54. The lowest BCUT2D eigenvalue weighted by atomic mass is 10.1. The van der Waals surface area contributed by atoms with E-state index in [4.69, 9.17) is 0 Å². The summed E-state index contributed by atoms with van der Waals surface area (Å²) in [7, 11) is 0. The number of nitrogens with zero attached hydrogens (tertiary/aromatic N) is 2. The molecule has 1 aliphatic heterocycles. The van der Waals surface area contributed by atoms with Gasteiger partial charge in [0.05, 0.1) is 11.1 Å². The summed E-state index contributed by atoms with van der Waals surface area (Å²) in [6, 6.07) is 2.38. The minimum atomic E-state index is -4.70. The number of halogens is 5. The summed E-state index contributed by atoms with van der Waals surface area (Å²) in [5, 5.41) is 4.76. The molecule has 7 nitrogen and oxygen atoms in total. The second-order valence-corrected chi connectivity index (χ2v) is 9.59. The number of carbonyl (C=O) groups excluding carboxylic acids is 3. The molecule has 2 unspecified atom stereocenters. The maximum Gasteiger partial charge on any atom is 0.417 e. The van der Waals surface area contributed by atoms with Crippen molar-refractivity contribution in [3.8, 4) is 0 Å². The number of alkyl halides is 3. The van der Waals surface area contributed by atoms with Crippen LogP contribution in [-0.4, -0.2) is 45.2 Å². The molecule has 2 aliphatic rings. The number of carbonyl (C=O) groups is 3. The van der Waals surface area contributed by atoms with E-state index in [1.807, 2.05) is 13.8 Å². The van der Waals surface area contributed by atoms with Crippen LogP contribution in [0.25, 0.3) is 0 Å². The Balaban J connectivity index is 1.41. The normalized spacial score (nSPS) is 20.5. The van der Waals surface area contributed by atoms with Crippen molar-refractivity contribution in [1.82, 2.24) is 20.5 Å². The Morgan fingerprint density at radius 3 is 2.14 bits per heavy atom. The number of hydrogen-bond donors (Lipinski definition) is 2. The lowest BCUT2D eigenvalue weighted by Gasteiger charge is -2.26. The summed E-state index contributed by atoms with van der Waals surface area (Å²) in [6.07, 6.45) is -1.20. The summed E-state index contributed by atoms with van der Waals surface area (Å²) in [4.78, 5) is 43.0. The molecule has 1 aromatic heterocycles. The Kier molecular flexibility index (Phi) is 6.95. The molecule has 12 heteroatoms. The number of likely N-dealkylation sites (tertiary alicyclic amines) is 1. The Labute approximate surface area is 209 Å². The van der Waals surface area contributed by atoms with Gasteiger partial charge in [-0.1, -0.05) is 0 Å². The highest BCUT2D eigenvalue weighted by Gasteiger charge is 2.51. The van der Waals surface area contributed by atoms with E-state index in [0.717, 1.165) is 31.2 Å². The molecule has 2 heterocycles. The molecular formula is C25H25F5N4O3. The fraction of sp³-hybridized carbons (Fsp3) is 0.440. The van der Waals surface area contributed by atoms with Crippen molar-refractivity contribution in [2.75, 3.05) is 0 Å². The number of pyridine rings is 1. The SMILES string of the molecule is CC1CCC(C)N1C(=O)c1cc(F)c(CNC(=O)C2(NC(=O)c3cncc(C(F)(F)F)c3)CC2)c(F)c1. The largest absolute Gasteiger partial charge is 0.417 e. The van der Waals surface area contributed by atoms with E-state index in [2.05, 4.69) is 15.6 Å². The molecule has 4 rings (SSSR count). The lowest BCUT2D eigenvalue weighted by molar-refractivity contribution is -0.137. The summed E-state index contributed by atoms with van der Waals surface area (Å²) < 4.78 is 68.2. The van der Waals surface area contributed by atoms with Gasteiger partial charge in [-0.15, -0.1) is 0 Å². The van der Waals surface area contributed by atoms with Crippen molar-refractivity contribution < 1.29 is 36.3 Å². The molecule has 1 saturated heterocycles. The molecule has 0 bridgehead atoms. The molecule has 1 saturated carbocycles. The van der Waals surface area contributed by atoms with Crippen LogP contribution in [0, 0.1) is 11.6 Å². The maximum atomic E-state index is 14.8. The van der Waals surface area contributed by atoms with Crippen molar-refractivity contribution in [1.29, 1.82) is 0 Å². The Hall–Kier alpha value is -3.57. The first-order chi connectivity index (χ1) is 17.3. The Bertz CT molecular complexity index is 1210. The monoisotopic (exact) mass is 524 g/mol. The van der Waals surface area contributed by atoms with Gasteiger partial charge in [-0.3, -0.25) is 19.4 Å². The first-order valence-corrected chi connectivity index (χ1v) is 11.8. The summed E-state index contributed by atoms with van der Waals surface area (Å²) in [6.45, 7) is 3.19. The highest BCUT2D eigenvalue weighted by molar-refractivity contribution is 6.00. The van der Waals surface area contributed by atoms with E-state index < -0.39 is 58.7 Å². The van der Waals surface area contributed by atoms with Gasteiger partial charge in [-0.05, 0) is 57.7 Å². The maximum absolute atomic E-state index is 14.8. The molecular weight excluding hydrogens is 499 g/mol. The van der Waals surface area contributed by atoms with Crippen LogP contribution in [0.15, 0.2) is 30.6 Å². The highest BCUT2D eigenvalue weighted by atomic mass is 19.4. The summed E-state index contributed by atoms with van der Waals surface area (Å²) in [5.41, 5.74) is -3.50. The van der Waals surface area contributed by atoms with Crippen molar-refractivity contribution in [2.45, 2.75) is 69.9 Å². The quantitative estimate of drug-likeness (QED) is 0.560. The predicted octanol–water partition coefficient (Wildman–Crippen LogP) is 3.97. The average molecular weight is 524 g/mol. The lowest BCUT2D eigenvalue weighted by Crippen LogP contribution is -2.49. The van der Waals surface area contributed by atoms with Gasteiger partial charge in [-0.2, -0.15) is 13.2 Å². The number of rotatable bonds is 6. The fourth-order valence-corrected chi connectivity index (χ4v) is 4.52. The number of hydrogen-bond acceptors (Lipinski definition) is 4. The van der Waals surface area contributed by atoms with Crippen LogP contribution in [0.3, 0.4) is 0 Å². The molecule has 2 fully saturated rings. The highest BCUT2D eigenvalue weighted by Crippen LogP contribution is 2.36. The van der Waals surface area contributed by atoms with Crippen molar-refractivity contribution in [2.24, 2.45) is 0 Å². The van der Waals surface area contributed by atoms with Gasteiger partial charge in [0.1, 0.15) is 17.2 Å². The molecule has 2 N–H and O–H groups in total. The third kappa shape index (κ3) is 5.42. The van der Waals surface area contributed by atoms with Gasteiger partial charge < -0.3 is 15.5 Å². The summed E-state index contributed by atoms with van der Waals surface area (Å²) >= 11 is 0. The molecule has 37 heavy (non-hydrogen) atoms. The fourth-order valence-electron chi connectivity index (χ4n) is 4.52. The van der Waals surface area contributed by atoms with Crippen LogP contribution in [-0.2, 0) is 17.5 Å². The van der Waals surface area contributed by atoms with E-state index in [9.17, 15) is 36.3 Å². The van der Waals surface area contributed by atoms with Crippen molar-refractivity contribution in [3.05, 3.63) is 64.5 Å². The zero-order valence-corrected chi connectivity index (χ0v) is 20.1. The third-order valence-corrected chi connectivity index (χ3v) is 6.87. The number of aromatic nitrogens is 1. The van der Waals surface area contributed by atoms with Crippen LogP contribution < -0.4 is 10.6 Å². The first-order valence-electron chi connectivity index (χ1n) is 11.8. The van der Waals surface area contributed by atoms with E-state index in [1.165, 1.54) is 0 Å². The minimum absolute atomic E-state index is 0.0516. The number of benzene rings is 1. The van der Waals surface area contributed by atoms with Gasteiger partial charge in [0, 0.05) is 42.1 Å². The number of amides is 3. The van der Waals surface area contributed by atoms with E-state index in [-0.39, 0.29) is 36.1 Å². The predicted molar refractivity (Wildman–Crippen MR) is 121 cm³/mol. The topological polar surface area (TPSA) is 91.4 Å². The van der Waals surface area contributed by atoms with Crippen LogP contribution in [0.5, 0.6) is 0 Å². The van der Waals surface area contributed by atoms with Crippen LogP contribution in [0.2, 0.25) is 0 Å². The zero-order valence-electron chi connectivity index (χ0n) is 20.1. The molecule has 2 aromatic rings. The smallest absolute Gasteiger partial charge is 0.350 e. The molecule has 3 amide bonds. The summed E-state index contributed by atoms with van der Waals surface area (Å²) in [5.74, 6) is -4.16. The van der Waals surface area contributed by atoms with E-state index >= 15 is 0 Å².